The van der Waals surface area contributed by atoms with Crippen molar-refractivity contribution in [2.24, 2.45) is 0 Å². The molecule has 0 spiro atoms. The Balaban J connectivity index is 1.56. The van der Waals surface area contributed by atoms with E-state index >= 15 is 0 Å². The number of nitrogens with one attached hydrogen (secondary N) is 1. The Kier molecular flexibility index (Phi) is 4.76. The van der Waals surface area contributed by atoms with Crippen LogP contribution in [0.3, 0.4) is 0 Å². The standard InChI is InChI=1S/C17H24N2O3/c20-16(18-13-17(21)5-2-6-17)15-4-1-3-14(11-15)12-19-7-9-22-10-8-19/h1,3-4,11,21H,2,5-10,12-13H2,(H,18,20). The van der Waals surface area contributed by atoms with E-state index in [-0.39, 0.29) is 5.91 Å². The highest BCUT2D eigenvalue weighted by Gasteiger charge is 2.34. The van der Waals surface area contributed by atoms with Gasteiger partial charge in [0, 0.05) is 31.7 Å². The summed E-state index contributed by atoms with van der Waals surface area (Å²) in [7, 11) is 0. The van der Waals surface area contributed by atoms with E-state index in [1.54, 1.807) is 0 Å². The highest BCUT2D eigenvalue weighted by atomic mass is 16.5. The van der Waals surface area contributed by atoms with Gasteiger partial charge < -0.3 is 15.2 Å². The van der Waals surface area contributed by atoms with Gasteiger partial charge in [-0.2, -0.15) is 0 Å². The van der Waals surface area contributed by atoms with Crippen molar-refractivity contribution in [3.63, 3.8) is 0 Å². The summed E-state index contributed by atoms with van der Waals surface area (Å²) >= 11 is 0. The summed E-state index contributed by atoms with van der Waals surface area (Å²) in [5.74, 6) is -0.107. The van der Waals surface area contributed by atoms with Crippen LogP contribution >= 0.6 is 0 Å². The zero-order valence-electron chi connectivity index (χ0n) is 12.9. The van der Waals surface area contributed by atoms with Crippen molar-refractivity contribution >= 4 is 5.91 Å². The molecule has 3 rings (SSSR count). The van der Waals surface area contributed by atoms with Gasteiger partial charge in [-0.15, -0.1) is 0 Å². The largest absolute Gasteiger partial charge is 0.388 e. The molecule has 0 unspecified atom stereocenters. The van der Waals surface area contributed by atoms with Crippen molar-refractivity contribution in [3.8, 4) is 0 Å². The maximum atomic E-state index is 12.2. The second-order valence-corrected chi connectivity index (χ2v) is 6.35. The SMILES string of the molecule is O=C(NCC1(O)CCC1)c1cccc(CN2CCOCC2)c1. The molecular weight excluding hydrogens is 280 g/mol. The number of hydrogen-bond acceptors (Lipinski definition) is 4. The second kappa shape index (κ2) is 6.77. The van der Waals surface area contributed by atoms with E-state index in [4.69, 9.17) is 4.74 Å². The summed E-state index contributed by atoms with van der Waals surface area (Å²) in [5, 5.41) is 12.9. The molecule has 1 saturated heterocycles. The van der Waals surface area contributed by atoms with Crippen LogP contribution in [-0.2, 0) is 11.3 Å². The summed E-state index contributed by atoms with van der Waals surface area (Å²) in [4.78, 5) is 14.6. The lowest BCUT2D eigenvalue weighted by Crippen LogP contribution is -2.47. The normalized spacial score (nSPS) is 21.1. The molecule has 120 valence electrons. The number of aliphatic hydroxyl groups is 1. The predicted octanol–water partition coefficient (Wildman–Crippen LogP) is 1.16. The van der Waals surface area contributed by atoms with Gasteiger partial charge in [0.1, 0.15) is 0 Å². The fraction of sp³-hybridized carbons (Fsp3) is 0.588. The van der Waals surface area contributed by atoms with Crippen molar-refractivity contribution in [2.45, 2.75) is 31.4 Å². The average Bonchev–Trinajstić information content (AvgIpc) is 2.52. The van der Waals surface area contributed by atoms with Crippen LogP contribution in [0.4, 0.5) is 0 Å². The van der Waals surface area contributed by atoms with Gasteiger partial charge in [-0.1, -0.05) is 12.1 Å². The lowest BCUT2D eigenvalue weighted by Gasteiger charge is -2.36. The van der Waals surface area contributed by atoms with Crippen molar-refractivity contribution in [3.05, 3.63) is 35.4 Å². The van der Waals surface area contributed by atoms with E-state index in [2.05, 4.69) is 10.2 Å². The van der Waals surface area contributed by atoms with Crippen LogP contribution in [0.5, 0.6) is 0 Å². The zero-order chi connectivity index (χ0) is 15.4. The molecule has 2 N–H and O–H groups in total. The van der Waals surface area contributed by atoms with Crippen LogP contribution in [0.15, 0.2) is 24.3 Å². The molecule has 1 amide bonds. The summed E-state index contributed by atoms with van der Waals surface area (Å²) in [5.41, 5.74) is 1.12. The van der Waals surface area contributed by atoms with Crippen molar-refractivity contribution in [1.82, 2.24) is 10.2 Å². The Morgan fingerprint density at radius 3 is 2.77 bits per heavy atom. The Morgan fingerprint density at radius 2 is 2.09 bits per heavy atom. The van der Waals surface area contributed by atoms with E-state index < -0.39 is 5.60 Å². The van der Waals surface area contributed by atoms with Gasteiger partial charge in [-0.25, -0.2) is 0 Å². The molecule has 1 saturated carbocycles. The highest BCUT2D eigenvalue weighted by Crippen LogP contribution is 2.30. The molecule has 1 aromatic carbocycles. The molecule has 2 fully saturated rings. The summed E-state index contributed by atoms with van der Waals surface area (Å²) in [6.45, 7) is 4.61. The molecule has 1 aliphatic heterocycles. The van der Waals surface area contributed by atoms with Crippen molar-refractivity contribution in [2.75, 3.05) is 32.8 Å². The van der Waals surface area contributed by atoms with Crippen LogP contribution < -0.4 is 5.32 Å². The topological polar surface area (TPSA) is 61.8 Å². The second-order valence-electron chi connectivity index (χ2n) is 6.35. The Morgan fingerprint density at radius 1 is 1.32 bits per heavy atom. The monoisotopic (exact) mass is 304 g/mol. The third-order valence-electron chi connectivity index (χ3n) is 4.56. The maximum absolute atomic E-state index is 12.2. The lowest BCUT2D eigenvalue weighted by molar-refractivity contribution is -0.0300. The summed E-state index contributed by atoms with van der Waals surface area (Å²) in [6.07, 6.45) is 2.61. The predicted molar refractivity (Wildman–Crippen MR) is 83.7 cm³/mol. The van der Waals surface area contributed by atoms with Crippen LogP contribution in [-0.4, -0.2) is 54.4 Å². The van der Waals surface area contributed by atoms with Crippen LogP contribution in [0.25, 0.3) is 0 Å². The molecule has 0 radical (unpaired) electrons. The van der Waals surface area contributed by atoms with Gasteiger partial charge in [-0.05, 0) is 37.0 Å². The first kappa shape index (κ1) is 15.5. The van der Waals surface area contributed by atoms with Crippen molar-refractivity contribution < 1.29 is 14.6 Å². The molecule has 1 aliphatic carbocycles. The van der Waals surface area contributed by atoms with Gasteiger partial charge in [0.15, 0.2) is 0 Å². The smallest absolute Gasteiger partial charge is 0.251 e. The fourth-order valence-electron chi connectivity index (χ4n) is 2.94. The van der Waals surface area contributed by atoms with E-state index in [0.29, 0.717) is 12.1 Å². The first-order chi connectivity index (χ1) is 10.6. The number of benzene rings is 1. The molecule has 2 aliphatic rings. The Hall–Kier alpha value is -1.43. The number of amides is 1. The molecule has 1 aromatic rings. The number of nitrogens with zero attached hydrogens (tertiary/aromatic N) is 1. The number of hydrogen-bond donors (Lipinski definition) is 2. The minimum Gasteiger partial charge on any atom is -0.388 e. The van der Waals surface area contributed by atoms with Gasteiger partial charge in [0.25, 0.3) is 5.91 Å². The number of carbonyl (C=O) groups excluding carboxylic acids is 1. The molecule has 0 atom stereocenters. The minimum absolute atomic E-state index is 0.107. The van der Waals surface area contributed by atoms with Gasteiger partial charge in [0.05, 0.1) is 18.8 Å². The van der Waals surface area contributed by atoms with E-state index in [0.717, 1.165) is 57.7 Å². The van der Waals surface area contributed by atoms with Crippen LogP contribution in [0, 0.1) is 0 Å². The highest BCUT2D eigenvalue weighted by molar-refractivity contribution is 5.94. The molecular formula is C17H24N2O3. The summed E-state index contributed by atoms with van der Waals surface area (Å²) in [6, 6.07) is 7.73. The van der Waals surface area contributed by atoms with Gasteiger partial charge in [0.2, 0.25) is 0 Å². The third kappa shape index (κ3) is 3.85. The van der Waals surface area contributed by atoms with E-state index in [9.17, 15) is 9.90 Å². The Labute approximate surface area is 131 Å². The molecule has 0 aromatic heterocycles. The number of carbonyl (C=O) groups is 1. The summed E-state index contributed by atoms with van der Waals surface area (Å²) < 4.78 is 5.35. The zero-order valence-corrected chi connectivity index (χ0v) is 12.9. The average molecular weight is 304 g/mol. The van der Waals surface area contributed by atoms with Crippen LogP contribution in [0.1, 0.15) is 35.2 Å². The van der Waals surface area contributed by atoms with E-state index in [1.807, 2.05) is 24.3 Å². The number of morpholine rings is 1. The maximum Gasteiger partial charge on any atom is 0.251 e. The first-order valence-electron chi connectivity index (χ1n) is 8.04. The quantitative estimate of drug-likeness (QED) is 0.857. The molecule has 1 heterocycles. The van der Waals surface area contributed by atoms with Crippen LogP contribution in [0.2, 0.25) is 0 Å². The van der Waals surface area contributed by atoms with Gasteiger partial charge in [-0.3, -0.25) is 9.69 Å². The molecule has 5 nitrogen and oxygen atoms in total. The lowest BCUT2D eigenvalue weighted by atomic mass is 9.80. The Bertz CT molecular complexity index is 522. The molecule has 22 heavy (non-hydrogen) atoms. The number of rotatable bonds is 5. The molecule has 0 bridgehead atoms. The molecule has 5 heteroatoms. The number of ether oxygens (including phenoxy) is 1. The van der Waals surface area contributed by atoms with Crippen molar-refractivity contribution in [1.29, 1.82) is 0 Å². The fourth-order valence-corrected chi connectivity index (χ4v) is 2.94. The minimum atomic E-state index is -0.679. The van der Waals surface area contributed by atoms with Gasteiger partial charge >= 0.3 is 0 Å². The third-order valence-corrected chi connectivity index (χ3v) is 4.56. The first-order valence-corrected chi connectivity index (χ1v) is 8.04. The van der Waals surface area contributed by atoms with E-state index in [1.165, 1.54) is 0 Å².